The summed E-state index contributed by atoms with van der Waals surface area (Å²) in [5.41, 5.74) is 9.82. The number of pyridine rings is 1. The molecular weight excluding hydrogens is 350 g/mol. The zero-order valence-corrected chi connectivity index (χ0v) is 16.2. The van der Waals surface area contributed by atoms with E-state index in [1.54, 1.807) is 11.6 Å². The van der Waals surface area contributed by atoms with E-state index in [2.05, 4.69) is 18.7 Å². The lowest BCUT2D eigenvalue weighted by atomic mass is 9.75. The molecule has 1 aromatic carbocycles. The van der Waals surface area contributed by atoms with Crippen LogP contribution in [-0.4, -0.2) is 4.57 Å². The van der Waals surface area contributed by atoms with Gasteiger partial charge in [-0.15, -0.1) is 0 Å². The molecule has 142 valence electrons. The Labute approximate surface area is 164 Å². The SMILES string of the molecule is C=C(C)[C@H]1CC=C([C@@H]2C(C#N)=C(N)Oc3c2c(=O)n(C)c2ccccc32)CC1. The van der Waals surface area contributed by atoms with Crippen LogP contribution >= 0.6 is 0 Å². The first-order valence-corrected chi connectivity index (χ1v) is 9.47. The van der Waals surface area contributed by atoms with Crippen molar-refractivity contribution >= 4 is 10.9 Å². The van der Waals surface area contributed by atoms with E-state index in [1.807, 2.05) is 31.2 Å². The molecule has 0 unspecified atom stereocenters. The third-order valence-corrected chi connectivity index (χ3v) is 5.98. The number of benzene rings is 1. The molecule has 0 fully saturated rings. The Bertz CT molecular complexity index is 1160. The summed E-state index contributed by atoms with van der Waals surface area (Å²) in [6, 6.07) is 9.78. The number of para-hydroxylation sites is 1. The normalized spacial score (nSPS) is 21.5. The largest absolute Gasteiger partial charge is 0.439 e. The Morgan fingerprint density at radius 2 is 2.14 bits per heavy atom. The number of allylic oxidation sites excluding steroid dienone is 4. The summed E-state index contributed by atoms with van der Waals surface area (Å²) in [5.74, 6) is 0.543. The monoisotopic (exact) mass is 373 g/mol. The molecule has 0 amide bonds. The Balaban J connectivity index is 1.97. The molecule has 2 aliphatic rings. The molecule has 28 heavy (non-hydrogen) atoms. The third kappa shape index (κ3) is 2.65. The van der Waals surface area contributed by atoms with Crippen molar-refractivity contribution in [3.05, 3.63) is 75.4 Å². The topological polar surface area (TPSA) is 81.0 Å². The van der Waals surface area contributed by atoms with Gasteiger partial charge in [0.15, 0.2) is 0 Å². The van der Waals surface area contributed by atoms with Gasteiger partial charge in [-0.25, -0.2) is 0 Å². The Morgan fingerprint density at radius 1 is 1.39 bits per heavy atom. The number of nitrogens with zero attached hydrogens (tertiary/aromatic N) is 2. The second-order valence-corrected chi connectivity index (χ2v) is 7.65. The quantitative estimate of drug-likeness (QED) is 0.807. The van der Waals surface area contributed by atoms with Crippen molar-refractivity contribution in [3.8, 4) is 11.8 Å². The zero-order valence-electron chi connectivity index (χ0n) is 16.2. The van der Waals surface area contributed by atoms with Gasteiger partial charge >= 0.3 is 0 Å². The molecule has 0 saturated heterocycles. The number of hydrogen-bond donors (Lipinski definition) is 1. The van der Waals surface area contributed by atoms with Crippen LogP contribution in [0.4, 0.5) is 0 Å². The van der Waals surface area contributed by atoms with E-state index < -0.39 is 5.92 Å². The van der Waals surface area contributed by atoms with Crippen LogP contribution in [0, 0.1) is 17.2 Å². The number of aromatic nitrogens is 1. The molecule has 2 N–H and O–H groups in total. The number of fused-ring (bicyclic) bond motifs is 3. The summed E-state index contributed by atoms with van der Waals surface area (Å²) >= 11 is 0. The maximum Gasteiger partial charge on any atom is 0.258 e. The zero-order chi connectivity index (χ0) is 20.0. The molecule has 0 bridgehead atoms. The van der Waals surface area contributed by atoms with Crippen molar-refractivity contribution in [1.82, 2.24) is 4.57 Å². The fourth-order valence-electron chi connectivity index (χ4n) is 4.36. The average Bonchev–Trinajstić information content (AvgIpc) is 2.71. The molecule has 0 saturated carbocycles. The fourth-order valence-corrected chi connectivity index (χ4v) is 4.36. The van der Waals surface area contributed by atoms with E-state index in [-0.39, 0.29) is 11.4 Å². The highest BCUT2D eigenvalue weighted by Crippen LogP contribution is 2.46. The predicted molar refractivity (Wildman–Crippen MR) is 110 cm³/mol. The highest BCUT2D eigenvalue weighted by atomic mass is 16.5. The molecule has 5 nitrogen and oxygen atoms in total. The van der Waals surface area contributed by atoms with Crippen LogP contribution in [-0.2, 0) is 7.05 Å². The maximum absolute atomic E-state index is 13.3. The summed E-state index contributed by atoms with van der Waals surface area (Å²) in [5, 5.41) is 10.6. The van der Waals surface area contributed by atoms with E-state index in [0.717, 1.165) is 35.7 Å². The minimum absolute atomic E-state index is 0.0846. The predicted octanol–water partition coefficient (Wildman–Crippen LogP) is 4.01. The highest BCUT2D eigenvalue weighted by molar-refractivity contribution is 5.88. The number of nitriles is 1. The van der Waals surface area contributed by atoms with Gasteiger partial charge in [0, 0.05) is 12.4 Å². The number of ether oxygens (including phenoxy) is 1. The molecule has 2 atom stereocenters. The van der Waals surface area contributed by atoms with Crippen LogP contribution in [0.25, 0.3) is 10.9 Å². The lowest BCUT2D eigenvalue weighted by Gasteiger charge is -2.31. The van der Waals surface area contributed by atoms with Gasteiger partial charge in [0.25, 0.3) is 5.56 Å². The van der Waals surface area contributed by atoms with Crippen molar-refractivity contribution in [2.75, 3.05) is 0 Å². The first kappa shape index (κ1) is 18.1. The maximum atomic E-state index is 13.3. The van der Waals surface area contributed by atoms with Crippen LogP contribution in [0.3, 0.4) is 0 Å². The smallest absolute Gasteiger partial charge is 0.258 e. The van der Waals surface area contributed by atoms with Gasteiger partial charge in [-0.05, 0) is 44.2 Å². The number of nitrogens with two attached hydrogens (primary N) is 1. The van der Waals surface area contributed by atoms with E-state index in [0.29, 0.717) is 22.8 Å². The van der Waals surface area contributed by atoms with Crippen molar-refractivity contribution in [2.45, 2.75) is 32.1 Å². The van der Waals surface area contributed by atoms with Crippen molar-refractivity contribution in [2.24, 2.45) is 18.7 Å². The van der Waals surface area contributed by atoms with Crippen molar-refractivity contribution in [1.29, 1.82) is 5.26 Å². The second kappa shape index (κ2) is 6.72. The molecule has 1 aliphatic heterocycles. The van der Waals surface area contributed by atoms with Crippen LogP contribution in [0.15, 0.2) is 64.3 Å². The van der Waals surface area contributed by atoms with Gasteiger partial charge in [-0.2, -0.15) is 5.26 Å². The summed E-state index contributed by atoms with van der Waals surface area (Å²) in [6.07, 6.45) is 4.78. The highest BCUT2D eigenvalue weighted by Gasteiger charge is 2.37. The molecule has 2 aromatic rings. The number of aryl methyl sites for hydroxylation is 1. The summed E-state index contributed by atoms with van der Waals surface area (Å²) in [6.45, 7) is 6.12. The molecule has 0 spiro atoms. The van der Waals surface area contributed by atoms with Crippen LogP contribution < -0.4 is 16.0 Å². The molecule has 1 aromatic heterocycles. The lowest BCUT2D eigenvalue weighted by molar-refractivity contribution is 0.392. The molecule has 4 rings (SSSR count). The van der Waals surface area contributed by atoms with Crippen LogP contribution in [0.5, 0.6) is 5.75 Å². The van der Waals surface area contributed by atoms with E-state index in [1.165, 1.54) is 5.57 Å². The Hall–Kier alpha value is -3.26. The van der Waals surface area contributed by atoms with E-state index >= 15 is 0 Å². The molecular formula is C23H23N3O2. The van der Waals surface area contributed by atoms with Crippen LogP contribution in [0.2, 0.25) is 0 Å². The second-order valence-electron chi connectivity index (χ2n) is 7.65. The minimum Gasteiger partial charge on any atom is -0.439 e. The standard InChI is InChI=1S/C23H23N3O2/c1-13(2)14-8-10-15(11-9-14)19-17(12-24)22(25)28-21-16-6-4-5-7-18(16)26(3)23(27)20(19)21/h4-7,10,14,19H,1,8-9,11,25H2,2-3H3/t14-,19+/m0/s1. The van der Waals surface area contributed by atoms with E-state index in [4.69, 9.17) is 10.5 Å². The van der Waals surface area contributed by atoms with Gasteiger partial charge in [-0.1, -0.05) is 35.9 Å². The number of rotatable bonds is 2. The average molecular weight is 373 g/mol. The Kier molecular flexibility index (Phi) is 4.35. The first-order chi connectivity index (χ1) is 13.4. The van der Waals surface area contributed by atoms with E-state index in [9.17, 15) is 10.1 Å². The molecule has 5 heteroatoms. The lowest BCUT2D eigenvalue weighted by Crippen LogP contribution is -2.31. The molecule has 1 aliphatic carbocycles. The summed E-state index contributed by atoms with van der Waals surface area (Å²) < 4.78 is 7.47. The van der Waals surface area contributed by atoms with Crippen LogP contribution in [0.1, 0.15) is 37.7 Å². The minimum atomic E-state index is -0.455. The fraction of sp³-hybridized carbons (Fsp3) is 0.304. The van der Waals surface area contributed by atoms with Gasteiger partial charge in [0.2, 0.25) is 5.88 Å². The summed E-state index contributed by atoms with van der Waals surface area (Å²) in [4.78, 5) is 13.3. The van der Waals surface area contributed by atoms with Gasteiger partial charge in [0.1, 0.15) is 17.4 Å². The van der Waals surface area contributed by atoms with Gasteiger partial charge < -0.3 is 15.0 Å². The summed E-state index contributed by atoms with van der Waals surface area (Å²) in [7, 11) is 1.75. The Morgan fingerprint density at radius 3 is 2.79 bits per heavy atom. The van der Waals surface area contributed by atoms with Crippen molar-refractivity contribution < 1.29 is 4.74 Å². The third-order valence-electron chi connectivity index (χ3n) is 5.98. The first-order valence-electron chi connectivity index (χ1n) is 9.47. The molecule has 2 heterocycles. The van der Waals surface area contributed by atoms with Gasteiger partial charge in [-0.3, -0.25) is 4.79 Å². The van der Waals surface area contributed by atoms with Crippen molar-refractivity contribution in [3.63, 3.8) is 0 Å². The van der Waals surface area contributed by atoms with Gasteiger partial charge in [0.05, 0.1) is 17.0 Å². The number of hydrogen-bond acceptors (Lipinski definition) is 4. The molecule has 0 radical (unpaired) electrons.